The second-order valence-electron chi connectivity index (χ2n) is 3.31. The number of hydrogen-bond donors (Lipinski definition) is 1. The van der Waals surface area contributed by atoms with Gasteiger partial charge in [-0.15, -0.1) is 0 Å². The number of aromatic nitrogens is 2. The molecule has 0 saturated carbocycles. The van der Waals surface area contributed by atoms with Crippen LogP contribution in [0.15, 0.2) is 33.9 Å². The van der Waals surface area contributed by atoms with Crippen molar-refractivity contribution >= 4 is 62.4 Å². The Bertz CT molecular complexity index is 580. The second kappa shape index (κ2) is 6.10. The van der Waals surface area contributed by atoms with Gasteiger partial charge >= 0.3 is 0 Å². The molecule has 94 valence electrons. The Morgan fingerprint density at radius 1 is 1.22 bits per heavy atom. The van der Waals surface area contributed by atoms with Crippen LogP contribution in [0.5, 0.6) is 0 Å². The van der Waals surface area contributed by atoms with Crippen LogP contribution >= 0.6 is 50.9 Å². The number of anilines is 2. The predicted molar refractivity (Wildman–Crippen MR) is 81.3 cm³/mol. The van der Waals surface area contributed by atoms with Crippen molar-refractivity contribution in [3.8, 4) is 0 Å². The van der Waals surface area contributed by atoms with Gasteiger partial charge in [-0.2, -0.15) is 0 Å². The lowest BCUT2D eigenvalue weighted by Crippen LogP contribution is -1.97. The summed E-state index contributed by atoms with van der Waals surface area (Å²) >= 11 is 16.7. The van der Waals surface area contributed by atoms with E-state index in [9.17, 15) is 0 Å². The van der Waals surface area contributed by atoms with Gasteiger partial charge in [0.1, 0.15) is 11.0 Å². The van der Waals surface area contributed by atoms with Crippen molar-refractivity contribution in [3.05, 3.63) is 38.9 Å². The molecular formula is C11H8BrCl2N3S. The van der Waals surface area contributed by atoms with Crippen molar-refractivity contribution in [2.24, 2.45) is 0 Å². The molecule has 0 aliphatic heterocycles. The van der Waals surface area contributed by atoms with Crippen LogP contribution in [0, 0.1) is 0 Å². The van der Waals surface area contributed by atoms with Crippen LogP contribution in [0.2, 0.25) is 10.2 Å². The highest BCUT2D eigenvalue weighted by Crippen LogP contribution is 2.29. The molecule has 1 heterocycles. The zero-order chi connectivity index (χ0) is 13.1. The van der Waals surface area contributed by atoms with Crippen LogP contribution in [0.3, 0.4) is 0 Å². The van der Waals surface area contributed by atoms with E-state index in [0.29, 0.717) is 21.2 Å². The van der Waals surface area contributed by atoms with Crippen molar-refractivity contribution in [2.45, 2.75) is 5.16 Å². The fourth-order valence-corrected chi connectivity index (χ4v) is 2.41. The van der Waals surface area contributed by atoms with E-state index in [1.165, 1.54) is 11.8 Å². The van der Waals surface area contributed by atoms with Crippen molar-refractivity contribution < 1.29 is 0 Å². The van der Waals surface area contributed by atoms with Crippen LogP contribution in [0.25, 0.3) is 0 Å². The fourth-order valence-electron chi connectivity index (χ4n) is 1.28. The van der Waals surface area contributed by atoms with Gasteiger partial charge in [0.15, 0.2) is 5.16 Å². The van der Waals surface area contributed by atoms with Crippen LogP contribution in [-0.2, 0) is 0 Å². The summed E-state index contributed by atoms with van der Waals surface area (Å²) in [6.07, 6.45) is 1.89. The minimum atomic E-state index is 0.398. The van der Waals surface area contributed by atoms with Crippen molar-refractivity contribution in [2.75, 3.05) is 11.6 Å². The Kier molecular flexibility index (Phi) is 4.72. The minimum absolute atomic E-state index is 0.398. The van der Waals surface area contributed by atoms with Gasteiger partial charge in [0.05, 0.1) is 5.69 Å². The lowest BCUT2D eigenvalue weighted by atomic mass is 10.3. The van der Waals surface area contributed by atoms with Gasteiger partial charge in [0, 0.05) is 15.6 Å². The number of nitrogens with one attached hydrogen (secondary N) is 1. The van der Waals surface area contributed by atoms with E-state index >= 15 is 0 Å². The van der Waals surface area contributed by atoms with Crippen LogP contribution < -0.4 is 5.32 Å². The van der Waals surface area contributed by atoms with Gasteiger partial charge in [-0.25, -0.2) is 9.97 Å². The van der Waals surface area contributed by atoms with E-state index in [0.717, 1.165) is 10.2 Å². The summed E-state index contributed by atoms with van der Waals surface area (Å²) < 4.78 is 0.896. The quantitative estimate of drug-likeness (QED) is 0.471. The summed E-state index contributed by atoms with van der Waals surface area (Å²) in [6, 6.07) is 7.13. The molecule has 2 aromatic rings. The number of hydrogen-bond acceptors (Lipinski definition) is 4. The van der Waals surface area contributed by atoms with E-state index in [4.69, 9.17) is 23.2 Å². The number of halogens is 3. The van der Waals surface area contributed by atoms with Gasteiger partial charge in [-0.1, -0.05) is 35.0 Å². The Hall–Kier alpha value is -0.490. The third-order valence-electron chi connectivity index (χ3n) is 2.05. The first-order chi connectivity index (χ1) is 8.58. The minimum Gasteiger partial charge on any atom is -0.339 e. The monoisotopic (exact) mass is 363 g/mol. The first-order valence-electron chi connectivity index (χ1n) is 4.89. The molecule has 0 spiro atoms. The topological polar surface area (TPSA) is 37.8 Å². The van der Waals surface area contributed by atoms with Crippen LogP contribution in [0.4, 0.5) is 11.5 Å². The van der Waals surface area contributed by atoms with E-state index < -0.39 is 0 Å². The first-order valence-corrected chi connectivity index (χ1v) is 7.66. The molecule has 1 aromatic heterocycles. The Morgan fingerprint density at radius 2 is 2.00 bits per heavy atom. The SMILES string of the molecule is CSc1nc(Cl)cc(Nc2cc(Cl)ccc2Br)n1. The third-order valence-corrected chi connectivity index (χ3v) is 3.72. The average molecular weight is 365 g/mol. The molecule has 0 saturated heterocycles. The van der Waals surface area contributed by atoms with Crippen LogP contribution in [-0.4, -0.2) is 16.2 Å². The maximum Gasteiger partial charge on any atom is 0.190 e. The average Bonchev–Trinajstić information content (AvgIpc) is 2.33. The molecular weight excluding hydrogens is 357 g/mol. The van der Waals surface area contributed by atoms with Crippen molar-refractivity contribution in [3.63, 3.8) is 0 Å². The molecule has 0 bridgehead atoms. The van der Waals surface area contributed by atoms with Crippen molar-refractivity contribution in [1.82, 2.24) is 9.97 Å². The third kappa shape index (κ3) is 3.51. The highest BCUT2D eigenvalue weighted by atomic mass is 79.9. The van der Waals surface area contributed by atoms with Crippen LogP contribution in [0.1, 0.15) is 0 Å². The predicted octanol–water partition coefficient (Wildman–Crippen LogP) is 5.01. The highest BCUT2D eigenvalue weighted by molar-refractivity contribution is 9.10. The highest BCUT2D eigenvalue weighted by Gasteiger charge is 2.05. The zero-order valence-electron chi connectivity index (χ0n) is 9.25. The Balaban J connectivity index is 2.33. The van der Waals surface area contributed by atoms with Gasteiger partial charge < -0.3 is 5.32 Å². The number of thioether (sulfide) groups is 1. The number of benzene rings is 1. The fraction of sp³-hybridized carbons (Fsp3) is 0.0909. The lowest BCUT2D eigenvalue weighted by Gasteiger charge is -2.09. The molecule has 0 aliphatic rings. The molecule has 1 aromatic carbocycles. The van der Waals surface area contributed by atoms with E-state index in [2.05, 4.69) is 31.2 Å². The number of rotatable bonds is 3. The molecule has 0 amide bonds. The summed E-state index contributed by atoms with van der Waals surface area (Å²) in [4.78, 5) is 8.38. The number of nitrogens with zero attached hydrogens (tertiary/aromatic N) is 2. The summed E-state index contributed by atoms with van der Waals surface area (Å²) in [5, 5.41) is 4.80. The maximum absolute atomic E-state index is 5.95. The maximum atomic E-state index is 5.95. The molecule has 0 radical (unpaired) electrons. The summed E-state index contributed by atoms with van der Waals surface area (Å²) in [6.45, 7) is 0. The molecule has 1 N–H and O–H groups in total. The molecule has 7 heteroatoms. The summed E-state index contributed by atoms with van der Waals surface area (Å²) in [5.41, 5.74) is 0.823. The van der Waals surface area contributed by atoms with Crippen molar-refractivity contribution in [1.29, 1.82) is 0 Å². The molecule has 0 unspecified atom stereocenters. The van der Waals surface area contributed by atoms with Gasteiger partial charge in [-0.3, -0.25) is 0 Å². The van der Waals surface area contributed by atoms with E-state index in [1.807, 2.05) is 12.3 Å². The van der Waals surface area contributed by atoms with E-state index in [-0.39, 0.29) is 0 Å². The largest absolute Gasteiger partial charge is 0.339 e. The molecule has 2 rings (SSSR count). The van der Waals surface area contributed by atoms with E-state index in [1.54, 1.807) is 18.2 Å². The Labute approximate surface area is 127 Å². The standard InChI is InChI=1S/C11H8BrCl2N3S/c1-18-11-16-9(14)5-10(17-11)15-8-4-6(13)2-3-7(8)12/h2-5H,1H3,(H,15,16,17). The smallest absolute Gasteiger partial charge is 0.190 e. The molecule has 0 atom stereocenters. The summed E-state index contributed by atoms with van der Waals surface area (Å²) in [7, 11) is 0. The molecule has 0 aliphatic carbocycles. The normalized spacial score (nSPS) is 10.4. The molecule has 18 heavy (non-hydrogen) atoms. The van der Waals surface area contributed by atoms with Gasteiger partial charge in [0.25, 0.3) is 0 Å². The Morgan fingerprint density at radius 3 is 2.72 bits per heavy atom. The zero-order valence-corrected chi connectivity index (χ0v) is 13.2. The van der Waals surface area contributed by atoms with Gasteiger partial charge in [-0.05, 0) is 40.4 Å². The molecule has 0 fully saturated rings. The van der Waals surface area contributed by atoms with Gasteiger partial charge in [0.2, 0.25) is 0 Å². The first kappa shape index (κ1) is 13.9. The second-order valence-corrected chi connectivity index (χ2v) is 5.76. The lowest BCUT2D eigenvalue weighted by molar-refractivity contribution is 0.976. The summed E-state index contributed by atoms with van der Waals surface area (Å²) in [5.74, 6) is 0.627. The molecule has 3 nitrogen and oxygen atoms in total.